The number of aromatic nitrogens is 2. The molecule has 0 aliphatic heterocycles. The molecule has 34 heavy (non-hydrogen) atoms. The van der Waals surface area contributed by atoms with Crippen LogP contribution in [0.5, 0.6) is 0 Å². The van der Waals surface area contributed by atoms with Crippen molar-refractivity contribution in [2.45, 2.75) is 24.8 Å². The largest absolute Gasteiger partial charge is 0.458 e. The molecule has 7 nitrogen and oxygen atoms in total. The minimum atomic E-state index is -3.83. The average Bonchev–Trinajstić information content (AvgIpc) is 3.42. The maximum atomic E-state index is 12.6. The first-order valence-electron chi connectivity index (χ1n) is 10.0. The van der Waals surface area contributed by atoms with E-state index in [1.807, 2.05) is 12.1 Å². The summed E-state index contributed by atoms with van der Waals surface area (Å²) in [6.45, 7) is 3.51. The van der Waals surface area contributed by atoms with E-state index in [0.29, 0.717) is 27.0 Å². The Labute approximate surface area is 210 Å². The summed E-state index contributed by atoms with van der Waals surface area (Å²) >= 11 is 14.0. The first-order chi connectivity index (χ1) is 16.0. The maximum absolute atomic E-state index is 12.6. The monoisotopic (exact) mass is 535 g/mol. The summed E-state index contributed by atoms with van der Waals surface area (Å²) in [5.74, 6) is -0.564. The van der Waals surface area contributed by atoms with Gasteiger partial charge in [0.1, 0.15) is 0 Å². The summed E-state index contributed by atoms with van der Waals surface area (Å²) in [6.07, 6.45) is -0.310. The molecule has 2 aromatic heterocycles. The van der Waals surface area contributed by atoms with Gasteiger partial charge in [-0.25, -0.2) is 23.0 Å². The minimum absolute atomic E-state index is 0.0226. The molecule has 0 fully saturated rings. The molecule has 0 saturated carbocycles. The summed E-state index contributed by atoms with van der Waals surface area (Å²) in [6, 6.07) is 16.7. The highest BCUT2D eigenvalue weighted by Gasteiger charge is 2.21. The molecule has 0 saturated heterocycles. The number of hydrogen-bond donors (Lipinski definition) is 1. The van der Waals surface area contributed by atoms with Crippen molar-refractivity contribution in [1.29, 1.82) is 0 Å². The van der Waals surface area contributed by atoms with Gasteiger partial charge in [-0.1, -0.05) is 35.3 Å². The molecule has 11 heteroatoms. The van der Waals surface area contributed by atoms with E-state index in [4.69, 9.17) is 33.1 Å². The van der Waals surface area contributed by atoms with Gasteiger partial charge in [-0.2, -0.15) is 5.10 Å². The molecule has 0 unspecified atom stereocenters. The third-order valence-corrected chi connectivity index (χ3v) is 7.33. The minimum Gasteiger partial charge on any atom is -0.458 e. The van der Waals surface area contributed by atoms with Crippen molar-refractivity contribution < 1.29 is 17.9 Å². The molecular formula is C23H19Cl2N3O4S2. The van der Waals surface area contributed by atoms with Gasteiger partial charge in [0.15, 0.2) is 5.69 Å². The van der Waals surface area contributed by atoms with E-state index in [1.54, 1.807) is 54.9 Å². The molecular weight excluding hydrogens is 517 g/mol. The molecule has 0 amide bonds. The van der Waals surface area contributed by atoms with E-state index >= 15 is 0 Å². The number of esters is 1. The smallest absolute Gasteiger partial charge is 0.359 e. The molecule has 4 rings (SSSR count). The maximum Gasteiger partial charge on any atom is 0.359 e. The van der Waals surface area contributed by atoms with Crippen LogP contribution in [0.3, 0.4) is 0 Å². The van der Waals surface area contributed by atoms with Gasteiger partial charge in [0.25, 0.3) is 0 Å². The van der Waals surface area contributed by atoms with Gasteiger partial charge < -0.3 is 4.74 Å². The van der Waals surface area contributed by atoms with Crippen LogP contribution in [0.1, 0.15) is 24.3 Å². The Balaban J connectivity index is 1.83. The highest BCUT2D eigenvalue weighted by molar-refractivity contribution is 7.89. The number of sulfonamides is 1. The van der Waals surface area contributed by atoms with Gasteiger partial charge in [-0.05, 0) is 61.9 Å². The standard InChI is InChI=1S/C23H19Cl2N3O4S2/c1-13(2)32-23(29)18-12-20(28(27-18)19-11-15(24)6-7-17(19)25)22-9-8-21(33-22)14-4-3-5-16(10-14)34(26,30)31/h3-13H,1-2H3,(H2,26,30,31). The van der Waals surface area contributed by atoms with Gasteiger partial charge in [0, 0.05) is 16.0 Å². The van der Waals surface area contributed by atoms with E-state index in [1.165, 1.54) is 23.5 Å². The molecule has 176 valence electrons. The van der Waals surface area contributed by atoms with E-state index in [9.17, 15) is 13.2 Å². The van der Waals surface area contributed by atoms with Gasteiger partial charge >= 0.3 is 5.97 Å². The Kier molecular flexibility index (Phi) is 6.84. The molecule has 0 aliphatic rings. The molecule has 0 atom stereocenters. The number of ether oxygens (including phenoxy) is 1. The van der Waals surface area contributed by atoms with Gasteiger partial charge in [0.2, 0.25) is 10.0 Å². The van der Waals surface area contributed by atoms with Crippen LogP contribution in [-0.4, -0.2) is 30.3 Å². The molecule has 0 aliphatic carbocycles. The predicted octanol–water partition coefficient (Wildman–Crippen LogP) is 5.79. The average molecular weight is 536 g/mol. The van der Waals surface area contributed by atoms with E-state index in [-0.39, 0.29) is 16.7 Å². The Bertz CT molecular complexity index is 1490. The SMILES string of the molecule is CC(C)OC(=O)c1cc(-c2ccc(-c3cccc(S(N)(=O)=O)c3)s2)n(-c2cc(Cl)ccc2Cl)n1. The number of primary sulfonamides is 1. The van der Waals surface area contributed by atoms with Gasteiger partial charge in [0.05, 0.1) is 32.3 Å². The highest BCUT2D eigenvalue weighted by Crippen LogP contribution is 2.37. The van der Waals surface area contributed by atoms with Crippen LogP contribution in [0.4, 0.5) is 0 Å². The molecule has 0 radical (unpaired) electrons. The zero-order valence-corrected chi connectivity index (χ0v) is 21.2. The lowest BCUT2D eigenvalue weighted by molar-refractivity contribution is 0.0370. The second-order valence-electron chi connectivity index (χ2n) is 7.61. The topological polar surface area (TPSA) is 104 Å². The molecule has 2 aromatic carbocycles. The number of nitrogens with two attached hydrogens (primary N) is 1. The fourth-order valence-electron chi connectivity index (χ4n) is 3.22. The Hall–Kier alpha value is -2.69. The van der Waals surface area contributed by atoms with Crippen molar-refractivity contribution in [2.24, 2.45) is 5.14 Å². The lowest BCUT2D eigenvalue weighted by atomic mass is 10.2. The van der Waals surface area contributed by atoms with Crippen molar-refractivity contribution in [2.75, 3.05) is 0 Å². The summed E-state index contributed by atoms with van der Waals surface area (Å²) in [4.78, 5) is 14.2. The zero-order chi connectivity index (χ0) is 24.6. The molecule has 0 bridgehead atoms. The summed E-state index contributed by atoms with van der Waals surface area (Å²) in [5.41, 5.74) is 1.90. The normalized spacial score (nSPS) is 11.7. The lowest BCUT2D eigenvalue weighted by Gasteiger charge is -2.09. The fourth-order valence-corrected chi connectivity index (χ4v) is 5.15. The summed E-state index contributed by atoms with van der Waals surface area (Å²) < 4.78 is 30.4. The molecule has 0 spiro atoms. The van der Waals surface area contributed by atoms with Crippen LogP contribution in [-0.2, 0) is 14.8 Å². The van der Waals surface area contributed by atoms with E-state index in [0.717, 1.165) is 9.75 Å². The summed E-state index contributed by atoms with van der Waals surface area (Å²) in [7, 11) is -3.83. The number of nitrogens with zero attached hydrogens (tertiary/aromatic N) is 2. The number of hydrogen-bond acceptors (Lipinski definition) is 6. The van der Waals surface area contributed by atoms with Crippen molar-refractivity contribution in [3.63, 3.8) is 0 Å². The van der Waals surface area contributed by atoms with Crippen molar-refractivity contribution in [1.82, 2.24) is 9.78 Å². The predicted molar refractivity (Wildman–Crippen MR) is 134 cm³/mol. The zero-order valence-electron chi connectivity index (χ0n) is 18.0. The second kappa shape index (κ2) is 9.52. The molecule has 2 heterocycles. The number of carbonyl (C=O) groups is 1. The van der Waals surface area contributed by atoms with Crippen molar-refractivity contribution in [3.8, 4) is 26.7 Å². The Morgan fingerprint density at radius 1 is 1.06 bits per heavy atom. The van der Waals surface area contributed by atoms with Crippen molar-refractivity contribution in [3.05, 3.63) is 76.4 Å². The summed E-state index contributed by atoms with van der Waals surface area (Å²) in [5, 5.41) is 10.6. The third kappa shape index (κ3) is 5.18. The number of benzene rings is 2. The van der Waals surface area contributed by atoms with Crippen molar-refractivity contribution >= 4 is 50.5 Å². The number of rotatable bonds is 6. The third-order valence-electron chi connectivity index (χ3n) is 4.70. The molecule has 2 N–H and O–H groups in total. The number of carbonyl (C=O) groups excluding carboxylic acids is 1. The van der Waals surface area contributed by atoms with Crippen LogP contribution in [0.15, 0.2) is 65.6 Å². The Morgan fingerprint density at radius 2 is 1.79 bits per heavy atom. The molecule has 4 aromatic rings. The Morgan fingerprint density at radius 3 is 2.50 bits per heavy atom. The quantitative estimate of drug-likeness (QED) is 0.314. The first kappa shape index (κ1) is 24.4. The second-order valence-corrected chi connectivity index (χ2v) is 11.1. The first-order valence-corrected chi connectivity index (χ1v) is 13.1. The van der Waals surface area contributed by atoms with E-state index in [2.05, 4.69) is 5.10 Å². The van der Waals surface area contributed by atoms with Gasteiger partial charge in [-0.15, -0.1) is 11.3 Å². The van der Waals surface area contributed by atoms with Crippen LogP contribution in [0.25, 0.3) is 26.7 Å². The van der Waals surface area contributed by atoms with Crippen LogP contribution < -0.4 is 5.14 Å². The van der Waals surface area contributed by atoms with Crippen LogP contribution in [0.2, 0.25) is 10.0 Å². The van der Waals surface area contributed by atoms with Crippen LogP contribution in [0, 0.1) is 0 Å². The number of thiophene rings is 1. The van der Waals surface area contributed by atoms with E-state index < -0.39 is 16.0 Å². The van der Waals surface area contributed by atoms with Crippen LogP contribution >= 0.6 is 34.5 Å². The highest BCUT2D eigenvalue weighted by atomic mass is 35.5. The number of halogens is 2. The lowest BCUT2D eigenvalue weighted by Crippen LogP contribution is -2.12. The van der Waals surface area contributed by atoms with Gasteiger partial charge in [-0.3, -0.25) is 0 Å². The fraction of sp³-hybridized carbons (Fsp3) is 0.130.